The van der Waals surface area contributed by atoms with Gasteiger partial charge in [-0.3, -0.25) is 4.79 Å². The Balaban J connectivity index is 2.11. The zero-order chi connectivity index (χ0) is 14.5. The number of aryl methyl sites for hydroxylation is 2. The van der Waals surface area contributed by atoms with Crippen molar-refractivity contribution in [2.45, 2.75) is 31.7 Å². The van der Waals surface area contributed by atoms with Crippen molar-refractivity contribution < 1.29 is 19.4 Å². The van der Waals surface area contributed by atoms with Crippen molar-refractivity contribution in [3.8, 4) is 0 Å². The summed E-state index contributed by atoms with van der Waals surface area (Å²) >= 11 is 0. The summed E-state index contributed by atoms with van der Waals surface area (Å²) in [5, 5.41) is 11.6. The van der Waals surface area contributed by atoms with Gasteiger partial charge in [0.1, 0.15) is 0 Å². The Labute approximate surface area is 117 Å². The second-order valence-electron chi connectivity index (χ2n) is 4.92. The number of nitrogens with one attached hydrogen (secondary N) is 1. The average Bonchev–Trinajstić information content (AvgIpc) is 2.51. The molecule has 1 atom stereocenters. The Morgan fingerprint density at radius 3 is 2.65 bits per heavy atom. The molecule has 0 radical (unpaired) electrons. The summed E-state index contributed by atoms with van der Waals surface area (Å²) in [5.74, 6) is -1.03. The molecule has 0 aliphatic heterocycles. The van der Waals surface area contributed by atoms with Crippen molar-refractivity contribution in [1.29, 1.82) is 0 Å². The lowest BCUT2D eigenvalue weighted by molar-refractivity contribution is -0.143. The third-order valence-electron chi connectivity index (χ3n) is 3.58. The standard InChI is InChI=1S/C15H19NO4/c1-20-15(19)13(9-17)16-14(18)12-7-6-10-4-2-3-5-11(10)8-12/h6-8,13,17H,2-5,9H2,1H3,(H,16,18)/t13-/m1/s1. The predicted molar refractivity (Wildman–Crippen MR) is 73.4 cm³/mol. The molecule has 5 nitrogen and oxygen atoms in total. The third-order valence-corrected chi connectivity index (χ3v) is 3.58. The van der Waals surface area contributed by atoms with Gasteiger partial charge in [0.25, 0.3) is 5.91 Å². The molecular formula is C15H19NO4. The maximum atomic E-state index is 12.1. The topological polar surface area (TPSA) is 75.6 Å². The second-order valence-corrected chi connectivity index (χ2v) is 4.92. The molecule has 2 rings (SSSR count). The number of aliphatic hydroxyl groups excluding tert-OH is 1. The van der Waals surface area contributed by atoms with E-state index in [1.807, 2.05) is 12.1 Å². The fourth-order valence-electron chi connectivity index (χ4n) is 2.44. The van der Waals surface area contributed by atoms with E-state index in [0.29, 0.717) is 5.56 Å². The van der Waals surface area contributed by atoms with Crippen LogP contribution in [0.15, 0.2) is 18.2 Å². The molecule has 1 amide bonds. The molecular weight excluding hydrogens is 258 g/mol. The number of carbonyl (C=O) groups excluding carboxylic acids is 2. The maximum Gasteiger partial charge on any atom is 0.330 e. The van der Waals surface area contributed by atoms with Crippen LogP contribution in [-0.2, 0) is 22.4 Å². The minimum Gasteiger partial charge on any atom is -0.467 e. The van der Waals surface area contributed by atoms with Gasteiger partial charge in [0.2, 0.25) is 0 Å². The zero-order valence-electron chi connectivity index (χ0n) is 11.5. The van der Waals surface area contributed by atoms with Crippen LogP contribution in [0.3, 0.4) is 0 Å². The van der Waals surface area contributed by atoms with E-state index in [1.165, 1.54) is 24.7 Å². The number of hydrogen-bond donors (Lipinski definition) is 2. The van der Waals surface area contributed by atoms with E-state index in [4.69, 9.17) is 5.11 Å². The molecule has 0 heterocycles. The first-order chi connectivity index (χ1) is 9.65. The number of amides is 1. The van der Waals surface area contributed by atoms with E-state index < -0.39 is 18.6 Å². The molecule has 1 aromatic rings. The highest BCUT2D eigenvalue weighted by molar-refractivity contribution is 5.97. The maximum absolute atomic E-state index is 12.1. The Morgan fingerprint density at radius 2 is 2.00 bits per heavy atom. The number of aliphatic hydroxyl groups is 1. The van der Waals surface area contributed by atoms with Gasteiger partial charge >= 0.3 is 5.97 Å². The van der Waals surface area contributed by atoms with E-state index >= 15 is 0 Å². The zero-order valence-corrected chi connectivity index (χ0v) is 11.5. The molecule has 2 N–H and O–H groups in total. The highest BCUT2D eigenvalue weighted by atomic mass is 16.5. The van der Waals surface area contributed by atoms with Crippen LogP contribution in [-0.4, -0.2) is 36.7 Å². The largest absolute Gasteiger partial charge is 0.467 e. The third kappa shape index (κ3) is 3.17. The number of ether oxygens (including phenoxy) is 1. The number of rotatable bonds is 4. The Kier molecular flexibility index (Phi) is 4.74. The van der Waals surface area contributed by atoms with Crippen LogP contribution in [0.5, 0.6) is 0 Å². The molecule has 108 valence electrons. The summed E-state index contributed by atoms with van der Waals surface area (Å²) in [7, 11) is 1.22. The first kappa shape index (κ1) is 14.5. The molecule has 0 saturated carbocycles. The summed E-state index contributed by atoms with van der Waals surface area (Å²) in [6.07, 6.45) is 4.36. The van der Waals surface area contributed by atoms with Crippen LogP contribution >= 0.6 is 0 Å². The molecule has 1 aromatic carbocycles. The Hall–Kier alpha value is -1.88. The van der Waals surface area contributed by atoms with Crippen molar-refractivity contribution in [3.63, 3.8) is 0 Å². The highest BCUT2D eigenvalue weighted by Gasteiger charge is 2.21. The smallest absolute Gasteiger partial charge is 0.330 e. The first-order valence-corrected chi connectivity index (χ1v) is 6.77. The molecule has 0 spiro atoms. The summed E-state index contributed by atoms with van der Waals surface area (Å²) in [5.41, 5.74) is 3.00. The highest BCUT2D eigenvalue weighted by Crippen LogP contribution is 2.22. The van der Waals surface area contributed by atoms with Gasteiger partial charge in [-0.1, -0.05) is 6.07 Å². The lowest BCUT2D eigenvalue weighted by Crippen LogP contribution is -2.44. The van der Waals surface area contributed by atoms with Crippen LogP contribution in [0.1, 0.15) is 34.3 Å². The number of esters is 1. The molecule has 0 aromatic heterocycles. The number of benzene rings is 1. The van der Waals surface area contributed by atoms with Crippen LogP contribution in [0, 0.1) is 0 Å². The lowest BCUT2D eigenvalue weighted by atomic mass is 9.90. The predicted octanol–water partition coefficient (Wildman–Crippen LogP) is 0.829. The van der Waals surface area contributed by atoms with Crippen molar-refractivity contribution in [2.75, 3.05) is 13.7 Å². The first-order valence-electron chi connectivity index (χ1n) is 6.77. The van der Waals surface area contributed by atoms with Gasteiger partial charge in [0, 0.05) is 5.56 Å². The number of methoxy groups -OCH3 is 1. The second kappa shape index (κ2) is 6.52. The summed E-state index contributed by atoms with van der Waals surface area (Å²) in [4.78, 5) is 23.4. The van der Waals surface area contributed by atoms with E-state index in [-0.39, 0.29) is 5.91 Å². The SMILES string of the molecule is COC(=O)[C@@H](CO)NC(=O)c1ccc2c(c1)CCCC2. The van der Waals surface area contributed by atoms with E-state index in [2.05, 4.69) is 10.1 Å². The Bertz CT molecular complexity index is 513. The molecule has 0 fully saturated rings. The Morgan fingerprint density at radius 1 is 1.30 bits per heavy atom. The fourth-order valence-corrected chi connectivity index (χ4v) is 2.44. The number of carbonyl (C=O) groups is 2. The normalized spacial score (nSPS) is 15.1. The minimum atomic E-state index is -1.02. The van der Waals surface area contributed by atoms with E-state index in [9.17, 15) is 9.59 Å². The number of fused-ring (bicyclic) bond motifs is 1. The van der Waals surface area contributed by atoms with Crippen LogP contribution in [0.2, 0.25) is 0 Å². The van der Waals surface area contributed by atoms with Crippen molar-refractivity contribution in [3.05, 3.63) is 34.9 Å². The lowest BCUT2D eigenvalue weighted by Gasteiger charge is -2.18. The molecule has 5 heteroatoms. The fraction of sp³-hybridized carbons (Fsp3) is 0.467. The molecule has 0 bridgehead atoms. The quantitative estimate of drug-likeness (QED) is 0.799. The van der Waals surface area contributed by atoms with Crippen LogP contribution in [0.4, 0.5) is 0 Å². The molecule has 1 aliphatic carbocycles. The van der Waals surface area contributed by atoms with Gasteiger partial charge in [-0.05, 0) is 48.9 Å². The van der Waals surface area contributed by atoms with Gasteiger partial charge in [0.15, 0.2) is 6.04 Å². The van der Waals surface area contributed by atoms with Gasteiger partial charge in [-0.25, -0.2) is 4.79 Å². The average molecular weight is 277 g/mol. The van der Waals surface area contributed by atoms with Gasteiger partial charge in [-0.15, -0.1) is 0 Å². The summed E-state index contributed by atoms with van der Waals surface area (Å²) < 4.78 is 4.52. The minimum absolute atomic E-state index is 0.372. The molecule has 1 aliphatic rings. The van der Waals surface area contributed by atoms with Gasteiger partial charge in [-0.2, -0.15) is 0 Å². The molecule has 0 saturated heterocycles. The summed E-state index contributed by atoms with van der Waals surface area (Å²) in [6.45, 7) is -0.483. The summed E-state index contributed by atoms with van der Waals surface area (Å²) in [6, 6.07) is 4.57. The number of hydrogen-bond acceptors (Lipinski definition) is 4. The van der Waals surface area contributed by atoms with Crippen LogP contribution in [0.25, 0.3) is 0 Å². The van der Waals surface area contributed by atoms with Gasteiger partial charge in [0.05, 0.1) is 13.7 Å². The molecule has 20 heavy (non-hydrogen) atoms. The van der Waals surface area contributed by atoms with Gasteiger partial charge < -0.3 is 15.2 Å². The van der Waals surface area contributed by atoms with E-state index in [0.717, 1.165) is 19.3 Å². The van der Waals surface area contributed by atoms with Crippen molar-refractivity contribution in [2.24, 2.45) is 0 Å². The van der Waals surface area contributed by atoms with E-state index in [1.54, 1.807) is 6.07 Å². The molecule has 0 unspecified atom stereocenters. The monoisotopic (exact) mass is 277 g/mol. The van der Waals surface area contributed by atoms with Crippen LogP contribution < -0.4 is 5.32 Å². The van der Waals surface area contributed by atoms with Crippen molar-refractivity contribution >= 4 is 11.9 Å². The van der Waals surface area contributed by atoms with Crippen molar-refractivity contribution in [1.82, 2.24) is 5.32 Å².